The van der Waals surface area contributed by atoms with Crippen molar-refractivity contribution in [2.45, 2.75) is 25.1 Å². The number of β-amino-alcohol motifs (C(OH)–C–C–N with tert-alkyl or cyclic N) is 1. The average molecular weight is 334 g/mol. The SMILES string of the molecule is Nc1ncnc(NC[C@H]2C[C@H](O)CN2Cc2ccccc2)c1Cl. The van der Waals surface area contributed by atoms with Crippen LogP contribution in [0.3, 0.4) is 0 Å². The topological polar surface area (TPSA) is 87.3 Å². The number of hydrogen-bond donors (Lipinski definition) is 3. The predicted molar refractivity (Wildman–Crippen MR) is 91.2 cm³/mol. The van der Waals surface area contributed by atoms with Gasteiger partial charge in [-0.25, -0.2) is 9.97 Å². The summed E-state index contributed by atoms with van der Waals surface area (Å²) in [5.41, 5.74) is 6.91. The van der Waals surface area contributed by atoms with Gasteiger partial charge in [0, 0.05) is 25.7 Å². The van der Waals surface area contributed by atoms with Gasteiger partial charge in [-0.1, -0.05) is 41.9 Å². The van der Waals surface area contributed by atoms with Gasteiger partial charge in [-0.3, -0.25) is 4.90 Å². The van der Waals surface area contributed by atoms with E-state index in [1.165, 1.54) is 11.9 Å². The minimum atomic E-state index is -0.309. The highest BCUT2D eigenvalue weighted by Crippen LogP contribution is 2.25. The number of hydrogen-bond acceptors (Lipinski definition) is 6. The van der Waals surface area contributed by atoms with Crippen molar-refractivity contribution in [2.24, 2.45) is 0 Å². The van der Waals surface area contributed by atoms with Gasteiger partial charge in [-0.15, -0.1) is 0 Å². The van der Waals surface area contributed by atoms with Crippen LogP contribution in [0.25, 0.3) is 0 Å². The lowest BCUT2D eigenvalue weighted by Crippen LogP contribution is -2.34. The third-order valence-electron chi connectivity index (χ3n) is 4.06. The Labute approximate surface area is 140 Å². The largest absolute Gasteiger partial charge is 0.392 e. The molecular formula is C16H20ClN5O. The van der Waals surface area contributed by atoms with Gasteiger partial charge < -0.3 is 16.2 Å². The lowest BCUT2D eigenvalue weighted by atomic mass is 10.1. The van der Waals surface area contributed by atoms with Crippen LogP contribution < -0.4 is 11.1 Å². The van der Waals surface area contributed by atoms with Crippen LogP contribution in [0.5, 0.6) is 0 Å². The second-order valence-electron chi connectivity index (χ2n) is 5.76. The molecule has 1 fully saturated rings. The molecule has 0 amide bonds. The van der Waals surface area contributed by atoms with Crippen LogP contribution >= 0.6 is 11.6 Å². The van der Waals surface area contributed by atoms with E-state index >= 15 is 0 Å². The highest BCUT2D eigenvalue weighted by molar-refractivity contribution is 6.35. The van der Waals surface area contributed by atoms with Crippen molar-refractivity contribution < 1.29 is 5.11 Å². The highest BCUT2D eigenvalue weighted by Gasteiger charge is 2.30. The number of likely N-dealkylation sites (tertiary alicyclic amines) is 1. The van der Waals surface area contributed by atoms with Gasteiger partial charge in [0.25, 0.3) is 0 Å². The number of nitrogens with one attached hydrogen (secondary N) is 1. The molecule has 2 heterocycles. The number of nitrogen functional groups attached to an aromatic ring is 1. The van der Waals surface area contributed by atoms with Crippen molar-refractivity contribution in [1.29, 1.82) is 0 Å². The standard InChI is InChI=1S/C16H20ClN5O/c17-14-15(18)20-10-21-16(14)19-7-12-6-13(23)9-22(12)8-11-4-2-1-3-5-11/h1-5,10,12-13,23H,6-9H2,(H3,18,19,20,21)/t12-,13+/m1/s1. The molecule has 122 valence electrons. The zero-order valence-electron chi connectivity index (χ0n) is 12.7. The second-order valence-corrected chi connectivity index (χ2v) is 6.14. The van der Waals surface area contributed by atoms with Gasteiger partial charge in [-0.2, -0.15) is 0 Å². The summed E-state index contributed by atoms with van der Waals surface area (Å²) in [6.07, 6.45) is 1.80. The molecule has 1 aromatic carbocycles. The van der Waals surface area contributed by atoms with Crippen LogP contribution in [0.2, 0.25) is 5.02 Å². The van der Waals surface area contributed by atoms with Crippen molar-refractivity contribution in [2.75, 3.05) is 24.1 Å². The van der Waals surface area contributed by atoms with E-state index in [4.69, 9.17) is 17.3 Å². The molecule has 0 saturated carbocycles. The third-order valence-corrected chi connectivity index (χ3v) is 4.43. The molecule has 2 aromatic rings. The number of aliphatic hydroxyl groups is 1. The Bertz CT molecular complexity index is 654. The maximum Gasteiger partial charge on any atom is 0.150 e. The van der Waals surface area contributed by atoms with E-state index in [2.05, 4.69) is 32.3 Å². The molecule has 0 bridgehead atoms. The molecule has 0 radical (unpaired) electrons. The molecule has 1 aromatic heterocycles. The van der Waals surface area contributed by atoms with Crippen LogP contribution in [0.4, 0.5) is 11.6 Å². The minimum Gasteiger partial charge on any atom is -0.392 e. The van der Waals surface area contributed by atoms with Gasteiger partial charge >= 0.3 is 0 Å². The van der Waals surface area contributed by atoms with Crippen LogP contribution in [0, 0.1) is 0 Å². The second kappa shape index (κ2) is 7.12. The third kappa shape index (κ3) is 3.90. The fourth-order valence-corrected chi connectivity index (χ4v) is 3.07. The first-order valence-electron chi connectivity index (χ1n) is 7.59. The molecule has 1 aliphatic rings. The van der Waals surface area contributed by atoms with Crippen LogP contribution in [-0.2, 0) is 6.54 Å². The summed E-state index contributed by atoms with van der Waals surface area (Å²) in [7, 11) is 0. The molecule has 7 heteroatoms. The summed E-state index contributed by atoms with van der Waals surface area (Å²) in [4.78, 5) is 10.2. The Morgan fingerprint density at radius 1 is 1.30 bits per heavy atom. The van der Waals surface area contributed by atoms with Crippen molar-refractivity contribution in [3.63, 3.8) is 0 Å². The Balaban J connectivity index is 1.64. The van der Waals surface area contributed by atoms with Gasteiger partial charge in [-0.05, 0) is 12.0 Å². The Hall–Kier alpha value is -1.89. The lowest BCUT2D eigenvalue weighted by Gasteiger charge is -2.24. The fraction of sp³-hybridized carbons (Fsp3) is 0.375. The number of anilines is 2. The summed E-state index contributed by atoms with van der Waals surface area (Å²) in [5.74, 6) is 0.789. The van der Waals surface area contributed by atoms with Crippen molar-refractivity contribution in [1.82, 2.24) is 14.9 Å². The van der Waals surface area contributed by atoms with Gasteiger partial charge in [0.1, 0.15) is 17.2 Å². The normalized spacial score (nSPS) is 21.5. The van der Waals surface area contributed by atoms with Gasteiger partial charge in [0.05, 0.1) is 6.10 Å². The van der Waals surface area contributed by atoms with E-state index in [1.54, 1.807) is 0 Å². The Morgan fingerprint density at radius 3 is 2.87 bits per heavy atom. The van der Waals surface area contributed by atoms with E-state index in [0.29, 0.717) is 23.9 Å². The molecule has 1 aliphatic heterocycles. The number of halogens is 1. The predicted octanol–water partition coefficient (Wildman–Crippen LogP) is 1.76. The molecule has 2 atom stereocenters. The highest BCUT2D eigenvalue weighted by atomic mass is 35.5. The maximum atomic E-state index is 10.0. The summed E-state index contributed by atoms with van der Waals surface area (Å²) >= 11 is 6.10. The van der Waals surface area contributed by atoms with E-state index in [-0.39, 0.29) is 18.0 Å². The molecule has 0 unspecified atom stereocenters. The smallest absolute Gasteiger partial charge is 0.150 e. The van der Waals surface area contributed by atoms with Crippen molar-refractivity contribution in [3.05, 3.63) is 47.2 Å². The summed E-state index contributed by atoms with van der Waals surface area (Å²) in [5, 5.41) is 13.6. The van der Waals surface area contributed by atoms with Gasteiger partial charge in [0.15, 0.2) is 5.82 Å². The summed E-state index contributed by atoms with van der Waals surface area (Å²) in [6.45, 7) is 2.12. The average Bonchev–Trinajstić information content (AvgIpc) is 2.89. The summed E-state index contributed by atoms with van der Waals surface area (Å²) in [6, 6.07) is 10.5. The molecule has 3 rings (SSSR count). The van der Waals surface area contributed by atoms with Crippen molar-refractivity contribution >= 4 is 23.2 Å². The molecule has 0 spiro atoms. The molecular weight excluding hydrogens is 314 g/mol. The Morgan fingerprint density at radius 2 is 2.09 bits per heavy atom. The van der Waals surface area contributed by atoms with Crippen molar-refractivity contribution in [3.8, 4) is 0 Å². The molecule has 23 heavy (non-hydrogen) atoms. The molecule has 4 N–H and O–H groups in total. The minimum absolute atomic E-state index is 0.206. The maximum absolute atomic E-state index is 10.0. The van der Waals surface area contributed by atoms with Gasteiger partial charge in [0.2, 0.25) is 0 Å². The summed E-state index contributed by atoms with van der Waals surface area (Å²) < 4.78 is 0. The fourth-order valence-electron chi connectivity index (χ4n) is 2.90. The first-order valence-corrected chi connectivity index (χ1v) is 7.97. The van der Waals surface area contributed by atoms with Crippen LogP contribution in [-0.4, -0.2) is 45.2 Å². The number of nitrogens with two attached hydrogens (primary N) is 1. The van der Waals surface area contributed by atoms with Crippen LogP contribution in [0.15, 0.2) is 36.7 Å². The molecule has 0 aliphatic carbocycles. The van der Waals surface area contributed by atoms with E-state index in [1.807, 2.05) is 18.2 Å². The number of rotatable bonds is 5. The quantitative estimate of drug-likeness (QED) is 0.773. The first kappa shape index (κ1) is 16.0. The Kier molecular flexibility index (Phi) is 4.95. The van der Waals surface area contributed by atoms with Crippen LogP contribution in [0.1, 0.15) is 12.0 Å². The first-order chi connectivity index (χ1) is 11.1. The van der Waals surface area contributed by atoms with E-state index < -0.39 is 0 Å². The van der Waals surface area contributed by atoms with E-state index in [9.17, 15) is 5.11 Å². The lowest BCUT2D eigenvalue weighted by molar-refractivity contribution is 0.173. The molecule has 6 nitrogen and oxygen atoms in total. The number of aliphatic hydroxyl groups excluding tert-OH is 1. The van der Waals surface area contributed by atoms with E-state index in [0.717, 1.165) is 13.0 Å². The number of benzene rings is 1. The number of nitrogens with zero attached hydrogens (tertiary/aromatic N) is 3. The zero-order chi connectivity index (χ0) is 16.2. The molecule has 1 saturated heterocycles. The monoisotopic (exact) mass is 333 g/mol. The number of aromatic nitrogens is 2. The zero-order valence-corrected chi connectivity index (χ0v) is 13.4.